The Kier molecular flexibility index (Phi) is 5.85. The van der Waals surface area contributed by atoms with Crippen molar-refractivity contribution in [2.45, 2.75) is 19.3 Å². The number of hydrogen-bond donors (Lipinski definition) is 1. The van der Waals surface area contributed by atoms with Gasteiger partial charge < -0.3 is 14.9 Å². The van der Waals surface area contributed by atoms with Crippen LogP contribution in [-0.4, -0.2) is 12.4 Å². The van der Waals surface area contributed by atoms with Crippen LogP contribution in [0.25, 0.3) is 11.0 Å². The van der Waals surface area contributed by atoms with E-state index in [-0.39, 0.29) is 22.4 Å². The van der Waals surface area contributed by atoms with Gasteiger partial charge in [0.05, 0.1) is 12.0 Å². The zero-order valence-electron chi connectivity index (χ0n) is 17.2. The molecule has 5 nitrogen and oxygen atoms in total. The molecule has 4 aromatic rings. The molecule has 31 heavy (non-hydrogen) atoms. The highest BCUT2D eigenvalue weighted by Crippen LogP contribution is 2.23. The minimum atomic E-state index is -0.405. The minimum absolute atomic E-state index is 0.0266. The van der Waals surface area contributed by atoms with Crippen LogP contribution in [-0.2, 0) is 0 Å². The number of nitrogen functional groups attached to an aromatic ring is 1. The Morgan fingerprint density at radius 3 is 2.48 bits per heavy atom. The van der Waals surface area contributed by atoms with E-state index < -0.39 is 5.43 Å². The van der Waals surface area contributed by atoms with E-state index in [1.54, 1.807) is 42.5 Å². The predicted molar refractivity (Wildman–Crippen MR) is 122 cm³/mol. The molecule has 0 radical (unpaired) electrons. The van der Waals surface area contributed by atoms with E-state index in [2.05, 4.69) is 19.1 Å². The first-order valence-electron chi connectivity index (χ1n) is 10.2. The lowest BCUT2D eigenvalue weighted by Crippen LogP contribution is -2.12. The Morgan fingerprint density at radius 2 is 1.74 bits per heavy atom. The number of carbonyl (C=O) groups is 1. The molecule has 5 heteroatoms. The molecule has 0 aliphatic carbocycles. The Morgan fingerprint density at radius 1 is 1.00 bits per heavy atom. The number of carbonyl (C=O) groups excluding carboxylic acids is 1. The van der Waals surface area contributed by atoms with Crippen molar-refractivity contribution in [1.29, 1.82) is 0 Å². The van der Waals surface area contributed by atoms with Crippen LogP contribution in [0.5, 0.6) is 5.75 Å². The molecular weight excluding hydrogens is 390 g/mol. The molecule has 0 saturated carbocycles. The molecule has 0 bridgehead atoms. The van der Waals surface area contributed by atoms with Gasteiger partial charge in [0.1, 0.15) is 23.3 Å². The first kappa shape index (κ1) is 20.4. The lowest BCUT2D eigenvalue weighted by Gasteiger charge is -2.13. The van der Waals surface area contributed by atoms with Gasteiger partial charge >= 0.3 is 0 Å². The molecule has 4 rings (SSSR count). The first-order chi connectivity index (χ1) is 15.0. The summed E-state index contributed by atoms with van der Waals surface area (Å²) in [6.45, 7) is 2.75. The normalized spacial score (nSPS) is 11.9. The van der Waals surface area contributed by atoms with E-state index in [4.69, 9.17) is 14.9 Å². The number of ether oxygens (including phenoxy) is 1. The molecule has 0 saturated heterocycles. The molecule has 0 aliphatic heterocycles. The zero-order valence-corrected chi connectivity index (χ0v) is 17.2. The quantitative estimate of drug-likeness (QED) is 0.422. The van der Waals surface area contributed by atoms with Crippen molar-refractivity contribution in [3.8, 4) is 5.75 Å². The highest BCUT2D eigenvalue weighted by atomic mass is 16.5. The van der Waals surface area contributed by atoms with Crippen molar-refractivity contribution < 1.29 is 13.9 Å². The predicted octanol–water partition coefficient (Wildman–Crippen LogP) is 5.18. The van der Waals surface area contributed by atoms with E-state index in [9.17, 15) is 9.59 Å². The fraction of sp³-hybridized carbons (Fsp3) is 0.154. The summed E-state index contributed by atoms with van der Waals surface area (Å²) < 4.78 is 11.2. The molecule has 1 unspecified atom stereocenters. The molecule has 0 amide bonds. The van der Waals surface area contributed by atoms with E-state index in [0.29, 0.717) is 29.4 Å². The molecule has 3 aromatic carbocycles. The monoisotopic (exact) mass is 413 g/mol. The van der Waals surface area contributed by atoms with Crippen LogP contribution in [0.3, 0.4) is 0 Å². The lowest BCUT2D eigenvalue weighted by atomic mass is 9.98. The Bertz CT molecular complexity index is 1260. The van der Waals surface area contributed by atoms with Gasteiger partial charge in [0, 0.05) is 11.1 Å². The van der Waals surface area contributed by atoms with Gasteiger partial charge in [-0.2, -0.15) is 0 Å². The Balaban J connectivity index is 1.46. The van der Waals surface area contributed by atoms with Crippen LogP contribution in [0.15, 0.2) is 88.3 Å². The SMILES string of the molecule is CC(CCOc1ccc(C(=O)c2cccc3occ(N)c(=O)c23)cc1)c1ccccc1. The number of rotatable bonds is 7. The van der Waals surface area contributed by atoms with Crippen molar-refractivity contribution in [1.82, 2.24) is 0 Å². The second kappa shape index (κ2) is 8.88. The standard InChI is InChI=1S/C26H23NO4/c1-17(18-6-3-2-4-7-18)14-15-30-20-12-10-19(11-13-20)25(28)21-8-5-9-23-24(21)26(29)22(27)16-31-23/h2-13,16-17H,14-15,27H2,1H3. The molecule has 1 aromatic heterocycles. The highest BCUT2D eigenvalue weighted by molar-refractivity contribution is 6.16. The summed E-state index contributed by atoms with van der Waals surface area (Å²) in [6, 6.07) is 22.2. The molecular formula is C26H23NO4. The number of fused-ring (bicyclic) bond motifs is 1. The van der Waals surface area contributed by atoms with Crippen LogP contribution in [0.2, 0.25) is 0 Å². The zero-order chi connectivity index (χ0) is 21.8. The first-order valence-corrected chi connectivity index (χ1v) is 10.2. The maximum atomic E-state index is 13.0. The van der Waals surface area contributed by atoms with Crippen LogP contribution in [0.4, 0.5) is 5.69 Å². The van der Waals surface area contributed by atoms with Crippen LogP contribution < -0.4 is 15.9 Å². The van der Waals surface area contributed by atoms with Crippen molar-refractivity contribution in [2.75, 3.05) is 12.3 Å². The molecule has 1 atom stereocenters. The number of benzene rings is 3. The van der Waals surface area contributed by atoms with Crippen LogP contribution >= 0.6 is 0 Å². The maximum Gasteiger partial charge on any atom is 0.216 e. The lowest BCUT2D eigenvalue weighted by molar-refractivity contribution is 0.104. The second-order valence-electron chi connectivity index (χ2n) is 7.50. The summed E-state index contributed by atoms with van der Waals surface area (Å²) in [5.74, 6) is 0.818. The largest absolute Gasteiger partial charge is 0.494 e. The summed E-state index contributed by atoms with van der Waals surface area (Å²) in [4.78, 5) is 25.5. The topological polar surface area (TPSA) is 82.5 Å². The van der Waals surface area contributed by atoms with E-state index in [1.165, 1.54) is 11.8 Å². The van der Waals surface area contributed by atoms with E-state index in [1.807, 2.05) is 18.2 Å². The summed E-state index contributed by atoms with van der Waals surface area (Å²) in [7, 11) is 0. The Labute approximate surface area is 180 Å². The summed E-state index contributed by atoms with van der Waals surface area (Å²) >= 11 is 0. The summed E-state index contributed by atoms with van der Waals surface area (Å²) in [6.07, 6.45) is 2.08. The minimum Gasteiger partial charge on any atom is -0.494 e. The molecule has 0 aliphatic rings. The number of nitrogens with two attached hydrogens (primary N) is 1. The maximum absolute atomic E-state index is 13.0. The third kappa shape index (κ3) is 4.36. The van der Waals surface area contributed by atoms with Crippen LogP contribution in [0, 0.1) is 0 Å². The number of ketones is 1. The van der Waals surface area contributed by atoms with Gasteiger partial charge in [-0.05, 0) is 48.2 Å². The van der Waals surface area contributed by atoms with Gasteiger partial charge in [0.15, 0.2) is 5.78 Å². The van der Waals surface area contributed by atoms with Gasteiger partial charge in [0.25, 0.3) is 0 Å². The summed E-state index contributed by atoms with van der Waals surface area (Å²) in [5, 5.41) is 0.197. The fourth-order valence-electron chi connectivity index (χ4n) is 3.54. The van der Waals surface area contributed by atoms with Crippen molar-refractivity contribution in [3.63, 3.8) is 0 Å². The second-order valence-corrected chi connectivity index (χ2v) is 7.50. The van der Waals surface area contributed by atoms with E-state index in [0.717, 1.165) is 6.42 Å². The van der Waals surface area contributed by atoms with Gasteiger partial charge in [-0.3, -0.25) is 9.59 Å². The van der Waals surface area contributed by atoms with E-state index >= 15 is 0 Å². The summed E-state index contributed by atoms with van der Waals surface area (Å²) in [5.41, 5.74) is 7.59. The van der Waals surface area contributed by atoms with Crippen molar-refractivity contribution in [3.05, 3.63) is 106 Å². The number of anilines is 1. The average Bonchev–Trinajstić information content (AvgIpc) is 2.81. The third-order valence-corrected chi connectivity index (χ3v) is 5.38. The van der Waals surface area contributed by atoms with Crippen molar-refractivity contribution >= 4 is 22.4 Å². The molecule has 2 N–H and O–H groups in total. The fourth-order valence-corrected chi connectivity index (χ4v) is 3.54. The third-order valence-electron chi connectivity index (χ3n) is 5.38. The van der Waals surface area contributed by atoms with Gasteiger partial charge in [-0.15, -0.1) is 0 Å². The smallest absolute Gasteiger partial charge is 0.216 e. The molecule has 1 heterocycles. The van der Waals surface area contributed by atoms with Crippen LogP contribution in [0.1, 0.15) is 40.7 Å². The molecule has 0 spiro atoms. The van der Waals surface area contributed by atoms with Gasteiger partial charge in [-0.1, -0.05) is 49.4 Å². The molecule has 156 valence electrons. The Hall–Kier alpha value is -3.86. The number of hydrogen-bond acceptors (Lipinski definition) is 5. The van der Waals surface area contributed by atoms with Crippen molar-refractivity contribution in [2.24, 2.45) is 0 Å². The molecule has 0 fully saturated rings. The highest BCUT2D eigenvalue weighted by Gasteiger charge is 2.17. The van der Waals surface area contributed by atoms with Gasteiger partial charge in [0.2, 0.25) is 5.43 Å². The average molecular weight is 413 g/mol. The van der Waals surface area contributed by atoms with Gasteiger partial charge in [-0.25, -0.2) is 0 Å².